The van der Waals surface area contributed by atoms with Crippen LogP contribution in [0.4, 0.5) is 5.69 Å². The fraction of sp³-hybridized carbons (Fsp3) is 0.259. The molecule has 0 fully saturated rings. The van der Waals surface area contributed by atoms with E-state index in [4.69, 9.17) is 0 Å². The molecule has 31 heavy (non-hydrogen) atoms. The number of amides is 1. The van der Waals surface area contributed by atoms with E-state index in [1.165, 1.54) is 0 Å². The Morgan fingerprint density at radius 1 is 0.903 bits per heavy atom. The van der Waals surface area contributed by atoms with Crippen molar-refractivity contribution in [3.8, 4) is 0 Å². The molecule has 1 aliphatic heterocycles. The molecule has 0 unspecified atom stereocenters. The van der Waals surface area contributed by atoms with E-state index in [-0.39, 0.29) is 12.2 Å². The van der Waals surface area contributed by atoms with Gasteiger partial charge in [-0.3, -0.25) is 9.59 Å². The zero-order chi connectivity index (χ0) is 22.3. The highest BCUT2D eigenvalue weighted by atomic mass is 16.3. The number of rotatable bonds is 5. The average molecular weight is 414 g/mol. The molecule has 1 atom stereocenters. The van der Waals surface area contributed by atoms with E-state index in [9.17, 15) is 14.7 Å². The lowest BCUT2D eigenvalue weighted by molar-refractivity contribution is -0.136. The van der Waals surface area contributed by atoms with E-state index < -0.39 is 11.5 Å². The van der Waals surface area contributed by atoms with Gasteiger partial charge >= 0.3 is 0 Å². The summed E-state index contributed by atoms with van der Waals surface area (Å²) in [4.78, 5) is 28.3. The molecule has 1 heterocycles. The molecule has 0 spiro atoms. The first-order valence-electron chi connectivity index (χ1n) is 10.5. The zero-order valence-corrected chi connectivity index (χ0v) is 18.4. The van der Waals surface area contributed by atoms with Crippen molar-refractivity contribution in [2.75, 3.05) is 4.90 Å². The lowest BCUT2D eigenvalue weighted by Crippen LogP contribution is -2.41. The van der Waals surface area contributed by atoms with E-state index in [0.29, 0.717) is 23.4 Å². The number of hydrogen-bond donors (Lipinski definition) is 1. The minimum absolute atomic E-state index is 0.233. The third kappa shape index (κ3) is 3.68. The second kappa shape index (κ2) is 7.78. The van der Waals surface area contributed by atoms with Gasteiger partial charge in [0.2, 0.25) is 0 Å². The molecular weight excluding hydrogens is 386 g/mol. The summed E-state index contributed by atoms with van der Waals surface area (Å²) in [5.74, 6) is -0.687. The van der Waals surface area contributed by atoms with Crippen molar-refractivity contribution in [1.82, 2.24) is 0 Å². The standard InChI is InChI=1S/C27H27NO3/c1-17-9-11-21(12-10-17)16-28-24-8-6-5-7-23(24)27(31,26(28)30)15-25(29)22-14-19(3)18(2)13-20(22)4/h5-14,31H,15-16H2,1-4H3/t27-/m0/s1. The Balaban J connectivity index is 1.69. The Morgan fingerprint density at radius 3 is 2.26 bits per heavy atom. The predicted octanol–water partition coefficient (Wildman–Crippen LogP) is 4.93. The van der Waals surface area contributed by atoms with Gasteiger partial charge in [0, 0.05) is 11.1 Å². The number of anilines is 1. The normalized spacial score (nSPS) is 17.7. The van der Waals surface area contributed by atoms with Gasteiger partial charge in [0.25, 0.3) is 5.91 Å². The molecule has 3 aromatic rings. The topological polar surface area (TPSA) is 57.6 Å². The van der Waals surface area contributed by atoms with Crippen LogP contribution in [0.5, 0.6) is 0 Å². The van der Waals surface area contributed by atoms with Crippen LogP contribution in [0.1, 0.15) is 50.2 Å². The number of carbonyl (C=O) groups is 2. The quantitative estimate of drug-likeness (QED) is 0.604. The van der Waals surface area contributed by atoms with Gasteiger partial charge in [0.1, 0.15) is 0 Å². The SMILES string of the molecule is Cc1ccc(CN2C(=O)[C@](O)(CC(=O)c3cc(C)c(C)cc3C)c3ccccc32)cc1. The Morgan fingerprint density at radius 2 is 1.55 bits per heavy atom. The Labute approximate surface area is 183 Å². The highest BCUT2D eigenvalue weighted by Crippen LogP contribution is 2.43. The lowest BCUT2D eigenvalue weighted by Gasteiger charge is -2.23. The molecule has 1 amide bonds. The Kier molecular flexibility index (Phi) is 5.28. The number of ketones is 1. The van der Waals surface area contributed by atoms with Crippen molar-refractivity contribution in [2.45, 2.75) is 46.3 Å². The Hall–Kier alpha value is -3.24. The van der Waals surface area contributed by atoms with Gasteiger partial charge in [-0.15, -0.1) is 0 Å². The van der Waals surface area contributed by atoms with Crippen LogP contribution in [0.25, 0.3) is 0 Å². The molecule has 4 nitrogen and oxygen atoms in total. The minimum atomic E-state index is -1.87. The third-order valence-electron chi connectivity index (χ3n) is 6.26. The monoisotopic (exact) mass is 413 g/mol. The summed E-state index contributed by atoms with van der Waals surface area (Å²) < 4.78 is 0. The van der Waals surface area contributed by atoms with Gasteiger partial charge in [0.15, 0.2) is 11.4 Å². The number of benzene rings is 3. The van der Waals surface area contributed by atoms with Crippen LogP contribution >= 0.6 is 0 Å². The smallest absolute Gasteiger partial charge is 0.264 e. The van der Waals surface area contributed by atoms with Gasteiger partial charge in [-0.05, 0) is 62.1 Å². The van der Waals surface area contributed by atoms with Crippen LogP contribution < -0.4 is 4.90 Å². The van der Waals surface area contributed by atoms with Crippen molar-refractivity contribution in [1.29, 1.82) is 0 Å². The Bertz CT molecular complexity index is 1180. The number of fused-ring (bicyclic) bond motifs is 1. The molecule has 1 aliphatic rings. The first-order chi connectivity index (χ1) is 14.7. The highest BCUT2D eigenvalue weighted by Gasteiger charge is 2.50. The van der Waals surface area contributed by atoms with Gasteiger partial charge in [-0.2, -0.15) is 0 Å². The maximum Gasteiger partial charge on any atom is 0.264 e. The second-order valence-electron chi connectivity index (χ2n) is 8.61. The van der Waals surface area contributed by atoms with Crippen LogP contribution in [-0.2, 0) is 16.9 Å². The molecule has 4 rings (SSSR count). The van der Waals surface area contributed by atoms with Gasteiger partial charge < -0.3 is 10.0 Å². The van der Waals surface area contributed by atoms with Crippen LogP contribution in [0, 0.1) is 27.7 Å². The fourth-order valence-electron chi connectivity index (χ4n) is 4.30. The molecule has 0 saturated heterocycles. The molecule has 0 saturated carbocycles. The number of nitrogens with zero attached hydrogens (tertiary/aromatic N) is 1. The third-order valence-corrected chi connectivity index (χ3v) is 6.26. The number of Topliss-reactive ketones (excluding diaryl/α,β-unsaturated/α-hetero) is 1. The molecule has 0 aromatic heterocycles. The first kappa shape index (κ1) is 21.0. The molecular formula is C27H27NO3. The van der Waals surface area contributed by atoms with Crippen molar-refractivity contribution in [2.24, 2.45) is 0 Å². The summed E-state index contributed by atoms with van der Waals surface area (Å²) in [7, 11) is 0. The molecule has 158 valence electrons. The van der Waals surface area contributed by atoms with E-state index >= 15 is 0 Å². The summed E-state index contributed by atoms with van der Waals surface area (Å²) in [6.07, 6.45) is -0.281. The van der Waals surface area contributed by atoms with E-state index in [0.717, 1.165) is 27.8 Å². The van der Waals surface area contributed by atoms with E-state index in [1.807, 2.05) is 76.2 Å². The highest BCUT2D eigenvalue weighted by molar-refractivity contribution is 6.11. The van der Waals surface area contributed by atoms with Gasteiger partial charge in [-0.25, -0.2) is 0 Å². The van der Waals surface area contributed by atoms with Crippen LogP contribution in [0.15, 0.2) is 60.7 Å². The fourth-order valence-corrected chi connectivity index (χ4v) is 4.30. The number of hydrogen-bond acceptors (Lipinski definition) is 3. The maximum absolute atomic E-state index is 13.5. The van der Waals surface area contributed by atoms with Crippen LogP contribution in [-0.4, -0.2) is 16.8 Å². The van der Waals surface area contributed by atoms with Crippen LogP contribution in [0.2, 0.25) is 0 Å². The summed E-state index contributed by atoms with van der Waals surface area (Å²) in [6.45, 7) is 8.20. The molecule has 4 heteroatoms. The second-order valence-corrected chi connectivity index (χ2v) is 8.61. The summed E-state index contributed by atoms with van der Waals surface area (Å²) >= 11 is 0. The van der Waals surface area contributed by atoms with Crippen molar-refractivity contribution < 1.29 is 14.7 Å². The average Bonchev–Trinajstić information content (AvgIpc) is 2.94. The van der Waals surface area contributed by atoms with Gasteiger partial charge in [-0.1, -0.05) is 54.1 Å². The molecule has 3 aromatic carbocycles. The zero-order valence-electron chi connectivity index (χ0n) is 18.4. The summed E-state index contributed by atoms with van der Waals surface area (Å²) in [5.41, 5.74) is 4.91. The number of aryl methyl sites for hydroxylation is 4. The largest absolute Gasteiger partial charge is 0.375 e. The minimum Gasteiger partial charge on any atom is -0.375 e. The predicted molar refractivity (Wildman–Crippen MR) is 122 cm³/mol. The number of aliphatic hydroxyl groups is 1. The maximum atomic E-state index is 13.5. The van der Waals surface area contributed by atoms with Crippen molar-refractivity contribution >= 4 is 17.4 Å². The van der Waals surface area contributed by atoms with E-state index in [2.05, 4.69) is 0 Å². The molecule has 0 radical (unpaired) electrons. The number of para-hydroxylation sites is 1. The van der Waals surface area contributed by atoms with Crippen molar-refractivity contribution in [3.63, 3.8) is 0 Å². The summed E-state index contributed by atoms with van der Waals surface area (Å²) in [6, 6.07) is 19.0. The van der Waals surface area contributed by atoms with Gasteiger partial charge in [0.05, 0.1) is 18.7 Å². The summed E-state index contributed by atoms with van der Waals surface area (Å²) in [5, 5.41) is 11.5. The molecule has 1 N–H and O–H groups in total. The van der Waals surface area contributed by atoms with Crippen molar-refractivity contribution in [3.05, 3.63) is 99.6 Å². The molecule has 0 bridgehead atoms. The molecule has 0 aliphatic carbocycles. The van der Waals surface area contributed by atoms with Crippen LogP contribution in [0.3, 0.4) is 0 Å². The number of carbonyl (C=O) groups excluding carboxylic acids is 2. The first-order valence-corrected chi connectivity index (χ1v) is 10.5. The lowest BCUT2D eigenvalue weighted by atomic mass is 9.86. The van der Waals surface area contributed by atoms with E-state index in [1.54, 1.807) is 17.0 Å².